The number of nitrogens with one attached hydrogen (secondary N) is 1. The van der Waals surface area contributed by atoms with Crippen molar-refractivity contribution >= 4 is 10.0 Å². The fourth-order valence-electron chi connectivity index (χ4n) is 3.40. The van der Waals surface area contributed by atoms with Crippen LogP contribution in [0.5, 0.6) is 0 Å². The first-order chi connectivity index (χ1) is 12.4. The van der Waals surface area contributed by atoms with E-state index in [0.29, 0.717) is 17.4 Å². The molecule has 1 aromatic carbocycles. The van der Waals surface area contributed by atoms with Crippen molar-refractivity contribution < 1.29 is 8.42 Å². The van der Waals surface area contributed by atoms with Gasteiger partial charge in [-0.25, -0.2) is 13.1 Å². The molecule has 26 heavy (non-hydrogen) atoms. The molecule has 140 valence electrons. The number of piperidine rings is 1. The van der Waals surface area contributed by atoms with Crippen LogP contribution < -0.4 is 4.72 Å². The van der Waals surface area contributed by atoms with E-state index in [4.69, 9.17) is 0 Å². The van der Waals surface area contributed by atoms with Crippen LogP contribution in [0.1, 0.15) is 29.5 Å². The van der Waals surface area contributed by atoms with Gasteiger partial charge in [-0.1, -0.05) is 18.2 Å². The highest BCUT2D eigenvalue weighted by molar-refractivity contribution is 7.89. The monoisotopic (exact) mass is 373 g/mol. The number of rotatable bonds is 6. The molecule has 1 saturated heterocycles. The number of likely N-dealkylation sites (tertiary alicyclic amines) is 1. The second-order valence-corrected chi connectivity index (χ2v) is 8.94. The highest BCUT2D eigenvalue weighted by Crippen LogP contribution is 2.20. The number of hydrogen-bond donors (Lipinski definition) is 1. The van der Waals surface area contributed by atoms with Crippen molar-refractivity contribution in [3.63, 3.8) is 0 Å². The van der Waals surface area contributed by atoms with Crippen LogP contribution in [0.2, 0.25) is 0 Å². The zero-order valence-corrected chi connectivity index (χ0v) is 16.3. The van der Waals surface area contributed by atoms with E-state index in [9.17, 15) is 8.42 Å². The Bertz CT molecular complexity index is 829. The fraction of sp³-hybridized carbons (Fsp3) is 0.450. The van der Waals surface area contributed by atoms with Crippen LogP contribution in [0, 0.1) is 19.8 Å². The molecule has 3 rings (SSSR count). The molecule has 1 N–H and O–H groups in total. The minimum atomic E-state index is -3.45. The van der Waals surface area contributed by atoms with Crippen molar-refractivity contribution in [3.8, 4) is 0 Å². The molecule has 1 aliphatic heterocycles. The average molecular weight is 374 g/mol. The summed E-state index contributed by atoms with van der Waals surface area (Å²) >= 11 is 0. The van der Waals surface area contributed by atoms with Crippen molar-refractivity contribution in [2.24, 2.45) is 5.92 Å². The van der Waals surface area contributed by atoms with E-state index in [1.54, 1.807) is 12.3 Å². The predicted molar refractivity (Wildman–Crippen MR) is 103 cm³/mol. The Morgan fingerprint density at radius 1 is 1.19 bits per heavy atom. The molecule has 2 heterocycles. The second-order valence-electron chi connectivity index (χ2n) is 7.20. The first kappa shape index (κ1) is 19.0. The molecule has 0 aliphatic carbocycles. The number of aryl methyl sites for hydroxylation is 2. The van der Waals surface area contributed by atoms with Gasteiger partial charge in [0.15, 0.2) is 0 Å². The third kappa shape index (κ3) is 4.90. The van der Waals surface area contributed by atoms with E-state index in [1.165, 1.54) is 5.56 Å². The molecule has 1 aliphatic rings. The number of nitrogens with zero attached hydrogens (tertiary/aromatic N) is 2. The molecule has 0 unspecified atom stereocenters. The number of pyridine rings is 1. The summed E-state index contributed by atoms with van der Waals surface area (Å²) in [5.41, 5.74) is 2.97. The van der Waals surface area contributed by atoms with E-state index in [0.717, 1.165) is 43.6 Å². The summed E-state index contributed by atoms with van der Waals surface area (Å²) in [7, 11) is -3.45. The smallest absolute Gasteiger partial charge is 0.240 e. The topological polar surface area (TPSA) is 62.3 Å². The molecule has 5 nitrogen and oxygen atoms in total. The summed E-state index contributed by atoms with van der Waals surface area (Å²) in [4.78, 5) is 6.96. The van der Waals surface area contributed by atoms with Gasteiger partial charge in [0.2, 0.25) is 10.0 Å². The van der Waals surface area contributed by atoms with Crippen molar-refractivity contribution in [2.75, 3.05) is 19.6 Å². The lowest BCUT2D eigenvalue weighted by atomic mass is 9.97. The van der Waals surface area contributed by atoms with E-state index in [-0.39, 0.29) is 0 Å². The first-order valence-electron chi connectivity index (χ1n) is 9.12. The molecule has 0 amide bonds. The van der Waals surface area contributed by atoms with Gasteiger partial charge in [-0.05, 0) is 74.5 Å². The summed E-state index contributed by atoms with van der Waals surface area (Å²) in [6, 6.07) is 9.60. The second kappa shape index (κ2) is 8.29. The van der Waals surface area contributed by atoms with Crippen molar-refractivity contribution in [2.45, 2.75) is 38.1 Å². The third-order valence-corrected chi connectivity index (χ3v) is 6.60. The van der Waals surface area contributed by atoms with Crippen LogP contribution in [-0.4, -0.2) is 37.9 Å². The lowest BCUT2D eigenvalue weighted by Gasteiger charge is -2.32. The van der Waals surface area contributed by atoms with E-state index in [2.05, 4.69) is 20.7 Å². The molecule has 0 atom stereocenters. The number of sulfonamides is 1. The summed E-state index contributed by atoms with van der Waals surface area (Å²) in [6.07, 6.45) is 5.72. The Balaban J connectivity index is 1.51. The number of benzene rings is 1. The minimum Gasteiger partial charge on any atom is -0.299 e. The highest BCUT2D eigenvalue weighted by Gasteiger charge is 2.23. The van der Waals surface area contributed by atoms with Gasteiger partial charge >= 0.3 is 0 Å². The van der Waals surface area contributed by atoms with Crippen LogP contribution in [-0.2, 0) is 16.6 Å². The predicted octanol–water partition coefficient (Wildman–Crippen LogP) is 2.89. The zero-order chi connectivity index (χ0) is 18.6. The lowest BCUT2D eigenvalue weighted by molar-refractivity contribution is 0.178. The zero-order valence-electron chi connectivity index (χ0n) is 15.5. The summed E-state index contributed by atoms with van der Waals surface area (Å²) < 4.78 is 28.1. The van der Waals surface area contributed by atoms with Gasteiger partial charge in [0.1, 0.15) is 0 Å². The fourth-order valence-corrected chi connectivity index (χ4v) is 4.84. The molecular weight excluding hydrogens is 346 g/mol. The van der Waals surface area contributed by atoms with Crippen molar-refractivity contribution in [1.29, 1.82) is 0 Å². The van der Waals surface area contributed by atoms with E-state index < -0.39 is 10.0 Å². The van der Waals surface area contributed by atoms with Gasteiger partial charge in [0.05, 0.1) is 4.90 Å². The van der Waals surface area contributed by atoms with Gasteiger partial charge in [0.25, 0.3) is 0 Å². The molecule has 0 radical (unpaired) electrons. The van der Waals surface area contributed by atoms with Crippen LogP contribution in [0.3, 0.4) is 0 Å². The van der Waals surface area contributed by atoms with Gasteiger partial charge < -0.3 is 0 Å². The maximum atomic E-state index is 12.6. The van der Waals surface area contributed by atoms with Crippen LogP contribution in [0.4, 0.5) is 0 Å². The van der Waals surface area contributed by atoms with Gasteiger partial charge in [-0.3, -0.25) is 9.88 Å². The molecule has 6 heteroatoms. The van der Waals surface area contributed by atoms with Gasteiger partial charge in [0, 0.05) is 25.5 Å². The van der Waals surface area contributed by atoms with E-state index in [1.807, 2.05) is 38.2 Å². The minimum absolute atomic E-state index is 0.389. The Hall–Kier alpha value is -1.76. The molecule has 2 aromatic rings. The third-order valence-electron chi connectivity index (χ3n) is 5.03. The quantitative estimate of drug-likeness (QED) is 0.846. The summed E-state index contributed by atoms with van der Waals surface area (Å²) in [5.74, 6) is 0.389. The van der Waals surface area contributed by atoms with Gasteiger partial charge in [-0.2, -0.15) is 0 Å². The van der Waals surface area contributed by atoms with Gasteiger partial charge in [-0.15, -0.1) is 0 Å². The normalized spacial score (nSPS) is 16.7. The molecule has 0 bridgehead atoms. The van der Waals surface area contributed by atoms with Crippen LogP contribution in [0.25, 0.3) is 0 Å². The number of aromatic nitrogens is 1. The maximum Gasteiger partial charge on any atom is 0.240 e. The largest absolute Gasteiger partial charge is 0.299 e. The Labute approximate surface area is 156 Å². The van der Waals surface area contributed by atoms with Crippen LogP contribution >= 0.6 is 0 Å². The standard InChI is InChI=1S/C20H27N3O2S/c1-16-5-6-17(2)20(12-16)26(24,25)22-14-18-7-10-23(11-8-18)15-19-4-3-9-21-13-19/h3-6,9,12-13,18,22H,7-8,10-11,14-15H2,1-2H3. The Morgan fingerprint density at radius 3 is 2.65 bits per heavy atom. The van der Waals surface area contributed by atoms with Crippen LogP contribution in [0.15, 0.2) is 47.6 Å². The highest BCUT2D eigenvalue weighted by atomic mass is 32.2. The van der Waals surface area contributed by atoms with E-state index >= 15 is 0 Å². The first-order valence-corrected chi connectivity index (χ1v) is 10.6. The van der Waals surface area contributed by atoms with Crippen molar-refractivity contribution in [3.05, 3.63) is 59.4 Å². The molecule has 0 spiro atoms. The number of hydrogen-bond acceptors (Lipinski definition) is 4. The van der Waals surface area contributed by atoms with Crippen molar-refractivity contribution in [1.82, 2.24) is 14.6 Å². The molecular formula is C20H27N3O2S. The maximum absolute atomic E-state index is 12.6. The SMILES string of the molecule is Cc1ccc(C)c(S(=O)(=O)NCC2CCN(Cc3cccnc3)CC2)c1. The Morgan fingerprint density at radius 2 is 1.96 bits per heavy atom. The molecule has 1 fully saturated rings. The molecule has 0 saturated carbocycles. The Kier molecular flexibility index (Phi) is 6.06. The summed E-state index contributed by atoms with van der Waals surface area (Å²) in [5, 5.41) is 0. The summed E-state index contributed by atoms with van der Waals surface area (Å²) in [6.45, 7) is 7.15. The molecule has 1 aromatic heterocycles. The lowest BCUT2D eigenvalue weighted by Crippen LogP contribution is -2.38. The average Bonchev–Trinajstić information content (AvgIpc) is 2.64.